The molecule has 0 saturated carbocycles. The van der Waals surface area contributed by atoms with Gasteiger partial charge in [-0.15, -0.1) is 0 Å². The molecule has 1 amide bonds. The number of carbonyl (C=O) groups excluding carboxylic acids is 1. The predicted molar refractivity (Wildman–Crippen MR) is 98.2 cm³/mol. The van der Waals surface area contributed by atoms with E-state index < -0.39 is 5.60 Å². The number of fused-ring (bicyclic) bond motifs is 1. The fourth-order valence-electron chi connectivity index (χ4n) is 2.96. The Morgan fingerprint density at radius 3 is 2.48 bits per heavy atom. The molecule has 1 aliphatic rings. The second-order valence-corrected chi connectivity index (χ2v) is 7.44. The van der Waals surface area contributed by atoms with Crippen LogP contribution in [0.15, 0.2) is 18.2 Å². The van der Waals surface area contributed by atoms with E-state index in [1.165, 1.54) is 0 Å². The minimum atomic E-state index is -0.507. The molecule has 5 heteroatoms. The molecule has 0 N–H and O–H groups in total. The number of hydrogen-bond donors (Lipinski definition) is 0. The van der Waals surface area contributed by atoms with E-state index in [0.717, 1.165) is 36.3 Å². The van der Waals surface area contributed by atoms with E-state index in [4.69, 9.17) is 14.2 Å². The molecule has 0 saturated heterocycles. The topological polar surface area (TPSA) is 48.0 Å². The Morgan fingerprint density at radius 1 is 1.20 bits per heavy atom. The zero-order valence-corrected chi connectivity index (χ0v) is 16.1. The summed E-state index contributed by atoms with van der Waals surface area (Å²) >= 11 is 0. The first-order valence-electron chi connectivity index (χ1n) is 9.22. The van der Waals surface area contributed by atoms with Gasteiger partial charge < -0.3 is 19.1 Å². The number of amides is 1. The Hall–Kier alpha value is -1.91. The number of hydrogen-bond acceptors (Lipinski definition) is 4. The monoisotopic (exact) mass is 349 g/mol. The van der Waals surface area contributed by atoms with Crippen LogP contribution in [0.4, 0.5) is 4.79 Å². The van der Waals surface area contributed by atoms with Crippen LogP contribution in [0.1, 0.15) is 59.4 Å². The smallest absolute Gasteiger partial charge is 0.410 e. The minimum Gasteiger partial charge on any atom is -0.486 e. The summed E-state index contributed by atoms with van der Waals surface area (Å²) in [7, 11) is 0. The number of carbonyl (C=O) groups is 1. The van der Waals surface area contributed by atoms with Gasteiger partial charge in [0.1, 0.15) is 18.8 Å². The van der Waals surface area contributed by atoms with Gasteiger partial charge in [-0.3, -0.25) is 0 Å². The van der Waals surface area contributed by atoms with Gasteiger partial charge in [0, 0.05) is 12.6 Å². The molecular weight excluding hydrogens is 318 g/mol. The molecule has 1 atom stereocenters. The normalized spacial score (nSPS) is 14.8. The van der Waals surface area contributed by atoms with Gasteiger partial charge in [-0.1, -0.05) is 26.3 Å². The Morgan fingerprint density at radius 2 is 1.88 bits per heavy atom. The van der Waals surface area contributed by atoms with E-state index in [1.807, 2.05) is 43.9 Å². The van der Waals surface area contributed by atoms with Gasteiger partial charge in [0.05, 0.1) is 0 Å². The zero-order valence-electron chi connectivity index (χ0n) is 16.1. The summed E-state index contributed by atoms with van der Waals surface area (Å²) in [6.07, 6.45) is 2.62. The first-order chi connectivity index (χ1) is 11.8. The van der Waals surface area contributed by atoms with Gasteiger partial charge in [0.15, 0.2) is 11.5 Å². The van der Waals surface area contributed by atoms with Gasteiger partial charge in [0.2, 0.25) is 0 Å². The summed E-state index contributed by atoms with van der Waals surface area (Å²) in [6.45, 7) is 11.6. The van der Waals surface area contributed by atoms with Crippen molar-refractivity contribution < 1.29 is 19.0 Å². The average molecular weight is 349 g/mol. The van der Waals surface area contributed by atoms with Crippen molar-refractivity contribution in [1.82, 2.24) is 4.90 Å². The van der Waals surface area contributed by atoms with Crippen LogP contribution < -0.4 is 9.47 Å². The molecule has 0 fully saturated rings. The van der Waals surface area contributed by atoms with Crippen molar-refractivity contribution in [1.29, 1.82) is 0 Å². The fourth-order valence-corrected chi connectivity index (χ4v) is 2.96. The molecule has 25 heavy (non-hydrogen) atoms. The van der Waals surface area contributed by atoms with Gasteiger partial charge in [-0.2, -0.15) is 0 Å². The summed E-state index contributed by atoms with van der Waals surface area (Å²) in [5.74, 6) is 1.51. The van der Waals surface area contributed by atoms with Crippen LogP contribution in [0.2, 0.25) is 0 Å². The zero-order chi connectivity index (χ0) is 18.4. The molecule has 1 unspecified atom stereocenters. The van der Waals surface area contributed by atoms with E-state index in [-0.39, 0.29) is 12.1 Å². The van der Waals surface area contributed by atoms with E-state index in [2.05, 4.69) is 13.8 Å². The van der Waals surface area contributed by atoms with Crippen molar-refractivity contribution in [3.8, 4) is 11.5 Å². The molecule has 140 valence electrons. The molecule has 2 rings (SSSR count). The molecule has 0 bridgehead atoms. The maximum absolute atomic E-state index is 12.8. The van der Waals surface area contributed by atoms with Crippen LogP contribution in [0.3, 0.4) is 0 Å². The van der Waals surface area contributed by atoms with Crippen molar-refractivity contribution >= 4 is 6.09 Å². The molecule has 0 radical (unpaired) electrons. The summed E-state index contributed by atoms with van der Waals surface area (Å²) in [5, 5.41) is 0. The summed E-state index contributed by atoms with van der Waals surface area (Å²) in [4.78, 5) is 14.6. The van der Waals surface area contributed by atoms with Crippen LogP contribution in [0.5, 0.6) is 11.5 Å². The molecule has 1 heterocycles. The van der Waals surface area contributed by atoms with Gasteiger partial charge >= 0.3 is 6.09 Å². The average Bonchev–Trinajstić information content (AvgIpc) is 2.56. The van der Waals surface area contributed by atoms with E-state index in [1.54, 1.807) is 0 Å². The van der Waals surface area contributed by atoms with E-state index in [0.29, 0.717) is 19.8 Å². The SMILES string of the molecule is CCCC(CC)N(Cc1ccc2c(c1)OCCO2)C(=O)OC(C)(C)C. The number of rotatable bonds is 6. The second kappa shape index (κ2) is 8.45. The quantitative estimate of drug-likeness (QED) is 0.742. The highest BCUT2D eigenvalue weighted by molar-refractivity contribution is 5.68. The summed E-state index contributed by atoms with van der Waals surface area (Å²) in [5.41, 5.74) is 0.511. The van der Waals surface area contributed by atoms with Crippen LogP contribution in [0, 0.1) is 0 Å². The minimum absolute atomic E-state index is 0.160. The Bertz CT molecular complexity index is 580. The van der Waals surface area contributed by atoms with Crippen molar-refractivity contribution in [3.05, 3.63) is 23.8 Å². The lowest BCUT2D eigenvalue weighted by molar-refractivity contribution is 0.0124. The predicted octanol–water partition coefficient (Wildman–Crippen LogP) is 4.77. The molecule has 1 aromatic carbocycles. The van der Waals surface area contributed by atoms with Gasteiger partial charge in [-0.05, 0) is 51.3 Å². The number of nitrogens with zero attached hydrogens (tertiary/aromatic N) is 1. The first kappa shape index (κ1) is 19.4. The van der Waals surface area contributed by atoms with Crippen LogP contribution >= 0.6 is 0 Å². The molecule has 0 aliphatic carbocycles. The first-order valence-corrected chi connectivity index (χ1v) is 9.22. The number of benzene rings is 1. The third-order valence-electron chi connectivity index (χ3n) is 4.12. The van der Waals surface area contributed by atoms with E-state index in [9.17, 15) is 4.79 Å². The van der Waals surface area contributed by atoms with Crippen LogP contribution in [0.25, 0.3) is 0 Å². The van der Waals surface area contributed by atoms with Crippen molar-refractivity contribution in [2.45, 2.75) is 72.1 Å². The van der Waals surface area contributed by atoms with Crippen LogP contribution in [-0.4, -0.2) is 35.8 Å². The summed E-state index contributed by atoms with van der Waals surface area (Å²) < 4.78 is 16.9. The Kier molecular flexibility index (Phi) is 6.57. The highest BCUT2D eigenvalue weighted by Crippen LogP contribution is 2.31. The highest BCUT2D eigenvalue weighted by Gasteiger charge is 2.27. The molecule has 1 aliphatic heterocycles. The third-order valence-corrected chi connectivity index (χ3v) is 4.12. The lowest BCUT2D eigenvalue weighted by Crippen LogP contribution is -2.42. The highest BCUT2D eigenvalue weighted by atomic mass is 16.6. The molecular formula is C20H31NO4. The summed E-state index contributed by atoms with van der Waals surface area (Å²) in [6, 6.07) is 6.03. The lowest BCUT2D eigenvalue weighted by atomic mass is 10.1. The van der Waals surface area contributed by atoms with E-state index >= 15 is 0 Å². The molecule has 0 aromatic heterocycles. The van der Waals surface area contributed by atoms with Crippen molar-refractivity contribution in [2.75, 3.05) is 13.2 Å². The number of ether oxygens (including phenoxy) is 3. The van der Waals surface area contributed by atoms with Crippen LogP contribution in [-0.2, 0) is 11.3 Å². The standard InChI is InChI=1S/C20H31NO4/c1-6-8-16(7-2)21(19(22)25-20(3,4)5)14-15-9-10-17-18(13-15)24-12-11-23-17/h9-10,13,16H,6-8,11-12,14H2,1-5H3. The largest absolute Gasteiger partial charge is 0.486 e. The maximum Gasteiger partial charge on any atom is 0.410 e. The Labute approximate surface area is 151 Å². The van der Waals surface area contributed by atoms with Crippen molar-refractivity contribution in [3.63, 3.8) is 0 Å². The molecule has 5 nitrogen and oxygen atoms in total. The lowest BCUT2D eigenvalue weighted by Gasteiger charge is -2.33. The fraction of sp³-hybridized carbons (Fsp3) is 0.650. The Balaban J connectivity index is 2.21. The molecule has 1 aromatic rings. The second-order valence-electron chi connectivity index (χ2n) is 7.44. The third kappa shape index (κ3) is 5.55. The van der Waals surface area contributed by atoms with Crippen molar-refractivity contribution in [2.24, 2.45) is 0 Å². The van der Waals surface area contributed by atoms with Gasteiger partial charge in [0.25, 0.3) is 0 Å². The molecule has 0 spiro atoms. The maximum atomic E-state index is 12.8. The van der Waals surface area contributed by atoms with Gasteiger partial charge in [-0.25, -0.2) is 4.79 Å².